The van der Waals surface area contributed by atoms with E-state index in [1.54, 1.807) is 0 Å². The van der Waals surface area contributed by atoms with Crippen LogP contribution in [0.1, 0.15) is 99.3 Å². The van der Waals surface area contributed by atoms with E-state index in [1.807, 2.05) is 0 Å². The third kappa shape index (κ3) is 4.10. The SMILES string of the molecule is CC1C(=O)C(C#N)=CC2(C)C1CCC1(C)C3CCC4(C)CCC(C)(C)CC4C3CCC21.COC=O. The maximum atomic E-state index is 12.8. The number of rotatable bonds is 1. The number of fused-ring (bicyclic) bond motifs is 7. The molecule has 4 fully saturated rings. The minimum atomic E-state index is 0.000662. The molecule has 0 amide bonds. The van der Waals surface area contributed by atoms with Crippen LogP contribution in [0, 0.1) is 68.5 Å². The van der Waals surface area contributed by atoms with E-state index in [-0.39, 0.29) is 17.1 Å². The molecular weight excluding hydrogens is 434 g/mol. The van der Waals surface area contributed by atoms with Crippen molar-refractivity contribution in [1.29, 1.82) is 5.26 Å². The Kier molecular flexibility index (Phi) is 6.83. The average molecular weight is 482 g/mol. The number of Topliss-reactive ketones (excluding diaryl/α,β-unsaturated/α-hetero) is 1. The summed E-state index contributed by atoms with van der Waals surface area (Å²) in [5, 5.41) is 9.70. The van der Waals surface area contributed by atoms with Gasteiger partial charge >= 0.3 is 0 Å². The van der Waals surface area contributed by atoms with Crippen molar-refractivity contribution >= 4 is 12.3 Å². The van der Waals surface area contributed by atoms with Gasteiger partial charge in [-0.1, -0.05) is 47.6 Å². The van der Waals surface area contributed by atoms with E-state index in [0.29, 0.717) is 40.1 Å². The van der Waals surface area contributed by atoms with Crippen LogP contribution in [0.15, 0.2) is 11.6 Å². The highest BCUT2D eigenvalue weighted by Crippen LogP contribution is 2.71. The lowest BCUT2D eigenvalue weighted by molar-refractivity contribution is -0.177. The fraction of sp³-hybridized carbons (Fsp3) is 0.839. The zero-order valence-electron chi connectivity index (χ0n) is 23.2. The monoisotopic (exact) mass is 481 g/mol. The summed E-state index contributed by atoms with van der Waals surface area (Å²) in [5.74, 6) is 3.70. The van der Waals surface area contributed by atoms with Gasteiger partial charge in [-0.15, -0.1) is 0 Å². The quantitative estimate of drug-likeness (QED) is 0.373. The van der Waals surface area contributed by atoms with Crippen LogP contribution < -0.4 is 0 Å². The number of nitriles is 1. The summed E-state index contributed by atoms with van der Waals surface area (Å²) in [6, 6.07) is 2.27. The third-order valence-corrected chi connectivity index (χ3v) is 12.0. The van der Waals surface area contributed by atoms with Gasteiger partial charge in [-0.05, 0) is 109 Å². The summed E-state index contributed by atoms with van der Waals surface area (Å²) in [4.78, 5) is 21.7. The number of carbonyl (C=O) groups excluding carboxylic acids is 2. The van der Waals surface area contributed by atoms with Crippen LogP contribution in [0.2, 0.25) is 0 Å². The molecule has 0 radical (unpaired) electrons. The zero-order chi connectivity index (χ0) is 25.8. The van der Waals surface area contributed by atoms with Gasteiger partial charge in [-0.25, -0.2) is 0 Å². The molecule has 0 aromatic carbocycles. The molecule has 194 valence electrons. The molecule has 5 rings (SSSR count). The molecule has 4 saturated carbocycles. The van der Waals surface area contributed by atoms with E-state index in [9.17, 15) is 10.1 Å². The number of ketones is 1. The van der Waals surface area contributed by atoms with E-state index in [1.165, 1.54) is 58.5 Å². The first-order chi connectivity index (χ1) is 16.4. The summed E-state index contributed by atoms with van der Waals surface area (Å²) >= 11 is 0. The molecular formula is C31H47NO3. The van der Waals surface area contributed by atoms with Crippen LogP contribution in [0.4, 0.5) is 0 Å². The molecule has 4 nitrogen and oxygen atoms in total. The molecule has 0 saturated heterocycles. The van der Waals surface area contributed by atoms with Crippen molar-refractivity contribution in [3.63, 3.8) is 0 Å². The van der Waals surface area contributed by atoms with Crippen molar-refractivity contribution in [3.8, 4) is 6.07 Å². The van der Waals surface area contributed by atoms with Crippen molar-refractivity contribution in [1.82, 2.24) is 0 Å². The van der Waals surface area contributed by atoms with Crippen LogP contribution in [0.5, 0.6) is 0 Å². The van der Waals surface area contributed by atoms with Crippen molar-refractivity contribution in [3.05, 3.63) is 11.6 Å². The predicted octanol–water partition coefficient (Wildman–Crippen LogP) is 7.14. The lowest BCUT2D eigenvalue weighted by Crippen LogP contribution is -2.61. The Morgan fingerprint density at radius 1 is 0.971 bits per heavy atom. The number of hydrogen-bond acceptors (Lipinski definition) is 4. The molecule has 0 N–H and O–H groups in total. The van der Waals surface area contributed by atoms with Crippen molar-refractivity contribution in [2.75, 3.05) is 7.11 Å². The van der Waals surface area contributed by atoms with Gasteiger partial charge in [0.15, 0.2) is 5.78 Å². The van der Waals surface area contributed by atoms with Gasteiger partial charge < -0.3 is 4.74 Å². The van der Waals surface area contributed by atoms with Gasteiger partial charge in [0, 0.05) is 5.92 Å². The van der Waals surface area contributed by atoms with Gasteiger partial charge in [0.2, 0.25) is 0 Å². The first kappa shape index (κ1) is 26.4. The summed E-state index contributed by atoms with van der Waals surface area (Å²) in [7, 11) is 1.31. The van der Waals surface area contributed by atoms with Crippen LogP contribution in [-0.4, -0.2) is 19.4 Å². The lowest BCUT2D eigenvalue weighted by Gasteiger charge is -2.67. The lowest BCUT2D eigenvalue weighted by atomic mass is 9.37. The highest BCUT2D eigenvalue weighted by Gasteiger charge is 2.64. The molecule has 9 atom stereocenters. The molecule has 0 aromatic heterocycles. The number of ether oxygens (including phenoxy) is 1. The number of hydrogen-bond donors (Lipinski definition) is 0. The standard InChI is InChI=1S/C29H43NO.C2H4O2/c1-18-21-10-12-28(5)22-9-11-27(4)14-13-26(2,3)16-23(27)20(22)7-8-24(28)29(21,6)15-19(17-30)25(18)31;1-4-2-3/h15,18,20-24H,7-14,16H2,1-6H3;2H,1H3. The van der Waals surface area contributed by atoms with E-state index in [0.717, 1.165) is 24.2 Å². The maximum absolute atomic E-state index is 12.8. The molecule has 4 heteroatoms. The fourth-order valence-electron chi connectivity index (χ4n) is 10.2. The average Bonchev–Trinajstić information content (AvgIpc) is 2.81. The number of nitrogens with zero attached hydrogens (tertiary/aromatic N) is 1. The van der Waals surface area contributed by atoms with Gasteiger partial charge in [0.25, 0.3) is 6.47 Å². The van der Waals surface area contributed by atoms with Crippen LogP contribution in [0.3, 0.4) is 0 Å². The van der Waals surface area contributed by atoms with E-state index in [4.69, 9.17) is 4.79 Å². The second kappa shape index (κ2) is 9.04. The highest BCUT2D eigenvalue weighted by atomic mass is 16.5. The largest absolute Gasteiger partial charge is 0.471 e. The Balaban J connectivity index is 0.000000672. The van der Waals surface area contributed by atoms with Gasteiger partial charge in [0.1, 0.15) is 6.07 Å². The molecule has 0 heterocycles. The Morgan fingerprint density at radius 2 is 1.63 bits per heavy atom. The normalized spacial score (nSPS) is 47.7. The number of carbonyl (C=O) groups is 2. The topological polar surface area (TPSA) is 67.2 Å². The van der Waals surface area contributed by atoms with E-state index >= 15 is 0 Å². The Hall–Kier alpha value is -1.63. The van der Waals surface area contributed by atoms with Crippen LogP contribution in [-0.2, 0) is 14.3 Å². The molecule has 0 spiro atoms. The molecule has 5 aliphatic rings. The van der Waals surface area contributed by atoms with Crippen molar-refractivity contribution in [2.45, 2.75) is 99.3 Å². The smallest absolute Gasteiger partial charge is 0.292 e. The Morgan fingerprint density at radius 3 is 2.26 bits per heavy atom. The zero-order valence-corrected chi connectivity index (χ0v) is 23.2. The molecule has 0 bridgehead atoms. The van der Waals surface area contributed by atoms with E-state index < -0.39 is 0 Å². The summed E-state index contributed by atoms with van der Waals surface area (Å²) in [6.45, 7) is 15.1. The van der Waals surface area contributed by atoms with Crippen LogP contribution in [0.25, 0.3) is 0 Å². The van der Waals surface area contributed by atoms with Crippen LogP contribution >= 0.6 is 0 Å². The summed E-state index contributed by atoms with van der Waals surface area (Å²) in [6.07, 6.45) is 14.3. The van der Waals surface area contributed by atoms with Crippen molar-refractivity contribution < 1.29 is 14.3 Å². The third-order valence-electron chi connectivity index (χ3n) is 12.0. The summed E-state index contributed by atoms with van der Waals surface area (Å²) in [5.41, 5.74) is 1.86. The molecule has 0 aliphatic heterocycles. The van der Waals surface area contributed by atoms with E-state index in [2.05, 4.69) is 58.4 Å². The first-order valence-corrected chi connectivity index (χ1v) is 14.0. The van der Waals surface area contributed by atoms with Crippen molar-refractivity contribution in [2.24, 2.45) is 57.2 Å². The second-order valence-corrected chi connectivity index (χ2v) is 14.2. The highest BCUT2D eigenvalue weighted by molar-refractivity contribution is 6.01. The number of methoxy groups -OCH3 is 1. The molecule has 5 aliphatic carbocycles. The molecule has 0 aromatic rings. The second-order valence-electron chi connectivity index (χ2n) is 14.2. The van der Waals surface area contributed by atoms with Gasteiger partial charge in [-0.3, -0.25) is 9.59 Å². The minimum absolute atomic E-state index is 0.000662. The van der Waals surface area contributed by atoms with Gasteiger partial charge in [0.05, 0.1) is 12.7 Å². The number of allylic oxidation sites excluding steroid dienone is 2. The molecule has 35 heavy (non-hydrogen) atoms. The molecule has 9 unspecified atom stereocenters. The predicted molar refractivity (Wildman–Crippen MR) is 138 cm³/mol. The Labute approximate surface area is 213 Å². The maximum Gasteiger partial charge on any atom is 0.292 e. The Bertz CT molecular complexity index is 930. The summed E-state index contributed by atoms with van der Waals surface area (Å²) < 4.78 is 3.86. The first-order valence-electron chi connectivity index (χ1n) is 14.0. The minimum Gasteiger partial charge on any atom is -0.471 e. The van der Waals surface area contributed by atoms with Gasteiger partial charge in [-0.2, -0.15) is 5.26 Å². The fourth-order valence-corrected chi connectivity index (χ4v) is 10.2.